The van der Waals surface area contributed by atoms with E-state index in [0.717, 1.165) is 15.4 Å². The van der Waals surface area contributed by atoms with Crippen molar-refractivity contribution in [1.29, 1.82) is 0 Å². The standard InChI is InChI=1S/C30H36ClN3O4S/c1-21(2)18-32-30(36)24(5)33(19-25-12-14-26(31)15-13-25)29(35)20-34(28-9-7-6-8-23(28)4)39(37,38)27-16-10-22(3)11-17-27/h6-17,21,24H,18-20H2,1-5H3,(H,32,36)/t24-/m1/s1. The van der Waals surface area contributed by atoms with Gasteiger partial charge in [-0.15, -0.1) is 0 Å². The van der Waals surface area contributed by atoms with Crippen molar-refractivity contribution >= 4 is 39.1 Å². The lowest BCUT2D eigenvalue weighted by atomic mass is 10.1. The minimum atomic E-state index is -4.10. The molecule has 0 aliphatic rings. The van der Waals surface area contributed by atoms with Crippen LogP contribution in [-0.2, 0) is 26.2 Å². The van der Waals surface area contributed by atoms with Gasteiger partial charge in [-0.3, -0.25) is 13.9 Å². The molecule has 3 aromatic carbocycles. The Balaban J connectivity index is 2.02. The second-order valence-electron chi connectivity index (χ2n) is 10.1. The monoisotopic (exact) mass is 569 g/mol. The fourth-order valence-corrected chi connectivity index (χ4v) is 5.62. The number of nitrogens with one attached hydrogen (secondary N) is 1. The normalized spacial score (nSPS) is 12.2. The molecule has 1 atom stereocenters. The molecule has 0 bridgehead atoms. The molecule has 9 heteroatoms. The van der Waals surface area contributed by atoms with Gasteiger partial charge in [0.05, 0.1) is 10.6 Å². The van der Waals surface area contributed by atoms with Crippen molar-refractivity contribution in [2.24, 2.45) is 5.92 Å². The molecule has 0 aliphatic carbocycles. The maximum atomic E-state index is 13.9. The fraction of sp³-hybridized carbons (Fsp3) is 0.333. The Morgan fingerprint density at radius 2 is 1.51 bits per heavy atom. The lowest BCUT2D eigenvalue weighted by Gasteiger charge is -2.32. The molecule has 3 rings (SSSR count). The Labute approximate surface area is 236 Å². The number of amides is 2. The van der Waals surface area contributed by atoms with Crippen molar-refractivity contribution in [3.05, 3.63) is 94.5 Å². The number of aryl methyl sites for hydroxylation is 2. The molecule has 0 saturated carbocycles. The highest BCUT2D eigenvalue weighted by atomic mass is 35.5. The van der Waals surface area contributed by atoms with Crippen molar-refractivity contribution in [3.8, 4) is 0 Å². The van der Waals surface area contributed by atoms with Crippen LogP contribution in [0.1, 0.15) is 37.5 Å². The molecule has 39 heavy (non-hydrogen) atoms. The van der Waals surface area contributed by atoms with E-state index in [-0.39, 0.29) is 23.3 Å². The van der Waals surface area contributed by atoms with Crippen LogP contribution in [0.15, 0.2) is 77.7 Å². The van der Waals surface area contributed by atoms with E-state index in [4.69, 9.17) is 11.6 Å². The zero-order valence-electron chi connectivity index (χ0n) is 23.0. The van der Waals surface area contributed by atoms with E-state index in [0.29, 0.717) is 22.8 Å². The topological polar surface area (TPSA) is 86.8 Å². The number of carbonyl (C=O) groups excluding carboxylic acids is 2. The first-order chi connectivity index (χ1) is 18.4. The number of hydrogen-bond acceptors (Lipinski definition) is 4. The molecular weight excluding hydrogens is 534 g/mol. The number of rotatable bonds is 11. The lowest BCUT2D eigenvalue weighted by molar-refractivity contribution is -0.139. The summed E-state index contributed by atoms with van der Waals surface area (Å²) in [7, 11) is -4.10. The Morgan fingerprint density at radius 1 is 0.897 bits per heavy atom. The minimum absolute atomic E-state index is 0.0797. The molecular formula is C30H36ClN3O4S. The molecule has 3 aromatic rings. The van der Waals surface area contributed by atoms with Crippen LogP contribution in [0.25, 0.3) is 0 Å². The summed E-state index contributed by atoms with van der Waals surface area (Å²) in [4.78, 5) is 28.5. The Bertz CT molecular complexity index is 1390. The fourth-order valence-electron chi connectivity index (χ4n) is 4.02. The van der Waals surface area contributed by atoms with Crippen molar-refractivity contribution in [1.82, 2.24) is 10.2 Å². The van der Waals surface area contributed by atoms with E-state index >= 15 is 0 Å². The van der Waals surface area contributed by atoms with Crippen LogP contribution in [-0.4, -0.2) is 44.3 Å². The largest absolute Gasteiger partial charge is 0.354 e. The summed E-state index contributed by atoms with van der Waals surface area (Å²) in [5, 5.41) is 3.43. The molecule has 0 fully saturated rings. The molecule has 0 heterocycles. The number of hydrogen-bond donors (Lipinski definition) is 1. The third-order valence-corrected chi connectivity index (χ3v) is 8.42. The molecule has 7 nitrogen and oxygen atoms in total. The van der Waals surface area contributed by atoms with Crippen LogP contribution in [0.5, 0.6) is 0 Å². The van der Waals surface area contributed by atoms with Gasteiger partial charge in [0.1, 0.15) is 12.6 Å². The maximum absolute atomic E-state index is 13.9. The molecule has 2 amide bonds. The second kappa shape index (κ2) is 13.1. The van der Waals surface area contributed by atoms with E-state index in [1.54, 1.807) is 68.4 Å². The summed E-state index contributed by atoms with van der Waals surface area (Å²) < 4.78 is 28.9. The highest BCUT2D eigenvalue weighted by Crippen LogP contribution is 2.27. The zero-order valence-corrected chi connectivity index (χ0v) is 24.6. The predicted molar refractivity (Wildman–Crippen MR) is 156 cm³/mol. The highest BCUT2D eigenvalue weighted by Gasteiger charge is 2.33. The molecule has 208 valence electrons. The van der Waals surface area contributed by atoms with E-state index in [9.17, 15) is 18.0 Å². The molecule has 0 unspecified atom stereocenters. The Kier molecular flexibility index (Phi) is 10.2. The summed E-state index contributed by atoms with van der Waals surface area (Å²) in [6, 6.07) is 19.7. The first kappa shape index (κ1) is 30.2. The lowest BCUT2D eigenvalue weighted by Crippen LogP contribution is -2.51. The zero-order chi connectivity index (χ0) is 28.7. The molecule has 1 N–H and O–H groups in total. The van der Waals surface area contributed by atoms with Crippen LogP contribution in [0.3, 0.4) is 0 Å². The van der Waals surface area contributed by atoms with Gasteiger partial charge in [-0.1, -0.05) is 73.5 Å². The number of para-hydroxylation sites is 1. The number of halogens is 1. The van der Waals surface area contributed by atoms with Gasteiger partial charge in [0.2, 0.25) is 11.8 Å². The van der Waals surface area contributed by atoms with Gasteiger partial charge in [0.25, 0.3) is 10.0 Å². The quantitative estimate of drug-likeness (QED) is 0.338. The predicted octanol–water partition coefficient (Wildman–Crippen LogP) is 5.34. The van der Waals surface area contributed by atoms with E-state index in [1.807, 2.05) is 26.8 Å². The first-order valence-electron chi connectivity index (χ1n) is 12.9. The second-order valence-corrected chi connectivity index (χ2v) is 12.4. The molecule has 0 aliphatic heterocycles. The van der Waals surface area contributed by atoms with Gasteiger partial charge in [-0.25, -0.2) is 8.42 Å². The molecule has 0 spiro atoms. The number of benzene rings is 3. The molecule has 0 radical (unpaired) electrons. The van der Waals surface area contributed by atoms with E-state index in [2.05, 4.69) is 5.32 Å². The van der Waals surface area contributed by atoms with Crippen molar-refractivity contribution in [2.45, 2.75) is 52.1 Å². The van der Waals surface area contributed by atoms with Gasteiger partial charge in [0.15, 0.2) is 0 Å². The summed E-state index contributed by atoms with van der Waals surface area (Å²) in [5.74, 6) is -0.580. The molecule has 0 aromatic heterocycles. The SMILES string of the molecule is Cc1ccc(S(=O)(=O)N(CC(=O)N(Cc2ccc(Cl)cc2)[C@H](C)C(=O)NCC(C)C)c2ccccc2C)cc1. The number of sulfonamides is 1. The Hall–Kier alpha value is -3.36. The van der Waals surface area contributed by atoms with Gasteiger partial charge in [-0.2, -0.15) is 0 Å². The van der Waals surface area contributed by atoms with Crippen LogP contribution in [0.4, 0.5) is 5.69 Å². The van der Waals surface area contributed by atoms with Crippen LogP contribution in [0, 0.1) is 19.8 Å². The summed E-state index contributed by atoms with van der Waals surface area (Å²) in [6.07, 6.45) is 0. The third kappa shape index (κ3) is 7.83. The number of carbonyl (C=O) groups is 2. The van der Waals surface area contributed by atoms with E-state index in [1.165, 1.54) is 17.0 Å². The molecule has 0 saturated heterocycles. The van der Waals surface area contributed by atoms with Crippen LogP contribution < -0.4 is 9.62 Å². The van der Waals surface area contributed by atoms with Gasteiger partial charge >= 0.3 is 0 Å². The van der Waals surface area contributed by atoms with Crippen molar-refractivity contribution in [2.75, 3.05) is 17.4 Å². The van der Waals surface area contributed by atoms with Crippen molar-refractivity contribution < 1.29 is 18.0 Å². The average Bonchev–Trinajstić information content (AvgIpc) is 2.90. The maximum Gasteiger partial charge on any atom is 0.264 e. The smallest absolute Gasteiger partial charge is 0.264 e. The van der Waals surface area contributed by atoms with Gasteiger partial charge < -0.3 is 10.2 Å². The van der Waals surface area contributed by atoms with Gasteiger partial charge in [0, 0.05) is 18.1 Å². The number of anilines is 1. The van der Waals surface area contributed by atoms with Crippen LogP contribution >= 0.6 is 11.6 Å². The van der Waals surface area contributed by atoms with E-state index < -0.39 is 28.5 Å². The highest BCUT2D eigenvalue weighted by molar-refractivity contribution is 7.92. The summed E-state index contributed by atoms with van der Waals surface area (Å²) in [5.41, 5.74) is 2.78. The number of nitrogens with zero attached hydrogens (tertiary/aromatic N) is 2. The van der Waals surface area contributed by atoms with Gasteiger partial charge in [-0.05, 0) is 68.1 Å². The van der Waals surface area contributed by atoms with Crippen LogP contribution in [0.2, 0.25) is 5.02 Å². The summed E-state index contributed by atoms with van der Waals surface area (Å²) >= 11 is 6.05. The average molecular weight is 570 g/mol. The summed E-state index contributed by atoms with van der Waals surface area (Å²) in [6.45, 7) is 9.38. The Morgan fingerprint density at radius 3 is 2.10 bits per heavy atom. The minimum Gasteiger partial charge on any atom is -0.354 e. The van der Waals surface area contributed by atoms with Crippen molar-refractivity contribution in [3.63, 3.8) is 0 Å². The first-order valence-corrected chi connectivity index (χ1v) is 14.7. The third-order valence-electron chi connectivity index (χ3n) is 6.39.